The maximum Gasteiger partial charge on any atom is 0.275 e. The molecule has 0 spiro atoms. The maximum absolute atomic E-state index is 12.3. The third-order valence-corrected chi connectivity index (χ3v) is 4.43. The van der Waals surface area contributed by atoms with Gasteiger partial charge in [-0.3, -0.25) is 4.79 Å². The van der Waals surface area contributed by atoms with Crippen molar-refractivity contribution in [1.29, 1.82) is 0 Å². The Morgan fingerprint density at radius 1 is 0.769 bits per heavy atom. The first-order valence-electron chi connectivity index (χ1n) is 9.07. The van der Waals surface area contributed by atoms with Gasteiger partial charge in [0, 0.05) is 17.7 Å². The van der Waals surface area contributed by atoms with E-state index in [9.17, 15) is 4.79 Å². The minimum atomic E-state index is 0.0674. The van der Waals surface area contributed by atoms with E-state index in [0.29, 0.717) is 13.1 Å². The van der Waals surface area contributed by atoms with Gasteiger partial charge in [-0.15, -0.1) is 0 Å². The Hall–Kier alpha value is -2.91. The third kappa shape index (κ3) is 5.30. The van der Waals surface area contributed by atoms with Gasteiger partial charge in [0.2, 0.25) is 0 Å². The predicted octanol–water partition coefficient (Wildman–Crippen LogP) is 2.70. The fourth-order valence-electron chi connectivity index (χ4n) is 3.07. The number of quaternary nitrogens is 1. The molecule has 26 heavy (non-hydrogen) atoms. The summed E-state index contributed by atoms with van der Waals surface area (Å²) in [6.07, 6.45) is 0.855. The molecule has 0 bridgehead atoms. The quantitative estimate of drug-likeness (QED) is 0.648. The fourth-order valence-corrected chi connectivity index (χ4v) is 3.07. The molecule has 1 amide bonds. The van der Waals surface area contributed by atoms with Gasteiger partial charge in [0.05, 0.1) is 0 Å². The molecule has 0 saturated carbocycles. The number of nitrogens with two attached hydrogens (primary N) is 1. The highest BCUT2D eigenvalue weighted by Crippen LogP contribution is 2.17. The molecule has 0 atom stereocenters. The van der Waals surface area contributed by atoms with Crippen LogP contribution in [0, 0.1) is 0 Å². The van der Waals surface area contributed by atoms with Gasteiger partial charge in [0.25, 0.3) is 5.91 Å². The average molecular weight is 345 g/mol. The Bertz CT molecular complexity index is 749. The van der Waals surface area contributed by atoms with Crippen molar-refractivity contribution in [2.75, 3.05) is 13.1 Å². The van der Waals surface area contributed by atoms with E-state index in [4.69, 9.17) is 0 Å². The Balaban J connectivity index is 1.55. The molecule has 0 saturated heterocycles. The van der Waals surface area contributed by atoms with Gasteiger partial charge in [-0.1, -0.05) is 91.0 Å². The molecule has 3 nitrogen and oxygen atoms in total. The molecule has 0 radical (unpaired) electrons. The number of nitrogens with one attached hydrogen (secondary N) is 1. The van der Waals surface area contributed by atoms with Gasteiger partial charge in [0.15, 0.2) is 6.54 Å². The van der Waals surface area contributed by atoms with Crippen LogP contribution in [0.2, 0.25) is 0 Å². The molecule has 0 aromatic heterocycles. The summed E-state index contributed by atoms with van der Waals surface area (Å²) in [5.41, 5.74) is 3.65. The van der Waals surface area contributed by atoms with E-state index in [2.05, 4.69) is 47.0 Å². The fraction of sp³-hybridized carbons (Fsp3) is 0.174. The average Bonchev–Trinajstić information content (AvgIpc) is 2.71. The largest absolute Gasteiger partial charge is 0.351 e. The number of carbonyl (C=O) groups excluding carboxylic acids is 1. The lowest BCUT2D eigenvalue weighted by Gasteiger charge is -2.16. The van der Waals surface area contributed by atoms with Gasteiger partial charge in [-0.2, -0.15) is 0 Å². The minimum Gasteiger partial charge on any atom is -0.351 e. The molecule has 0 aliphatic carbocycles. The van der Waals surface area contributed by atoms with Crippen molar-refractivity contribution < 1.29 is 10.1 Å². The minimum absolute atomic E-state index is 0.0674. The van der Waals surface area contributed by atoms with E-state index < -0.39 is 0 Å². The molecule has 0 aliphatic heterocycles. The summed E-state index contributed by atoms with van der Waals surface area (Å²) in [5, 5.41) is 5.12. The van der Waals surface area contributed by atoms with Crippen LogP contribution in [0.15, 0.2) is 91.0 Å². The van der Waals surface area contributed by atoms with Crippen LogP contribution < -0.4 is 10.6 Å². The number of rotatable bonds is 8. The van der Waals surface area contributed by atoms with Gasteiger partial charge in [-0.05, 0) is 12.0 Å². The summed E-state index contributed by atoms with van der Waals surface area (Å²) < 4.78 is 0. The molecule has 132 valence electrons. The zero-order chi connectivity index (χ0) is 18.0. The Morgan fingerprint density at radius 3 is 1.81 bits per heavy atom. The predicted molar refractivity (Wildman–Crippen MR) is 105 cm³/mol. The molecule has 3 rings (SSSR count). The van der Waals surface area contributed by atoms with Crippen LogP contribution in [0.3, 0.4) is 0 Å². The van der Waals surface area contributed by atoms with E-state index in [1.165, 1.54) is 16.7 Å². The van der Waals surface area contributed by atoms with Crippen molar-refractivity contribution in [3.8, 4) is 0 Å². The highest BCUT2D eigenvalue weighted by Gasteiger charge is 2.18. The van der Waals surface area contributed by atoms with Gasteiger partial charge >= 0.3 is 0 Å². The summed E-state index contributed by atoms with van der Waals surface area (Å²) in [6, 6.07) is 31.0. The zero-order valence-electron chi connectivity index (χ0n) is 14.8. The zero-order valence-corrected chi connectivity index (χ0v) is 14.8. The highest BCUT2D eigenvalue weighted by atomic mass is 16.1. The summed E-state index contributed by atoms with van der Waals surface area (Å²) in [6.45, 7) is 1.07. The van der Waals surface area contributed by atoms with Crippen LogP contribution in [0.4, 0.5) is 0 Å². The summed E-state index contributed by atoms with van der Waals surface area (Å²) in [5.74, 6) is 0.0674. The van der Waals surface area contributed by atoms with E-state index >= 15 is 0 Å². The van der Waals surface area contributed by atoms with Crippen LogP contribution in [-0.2, 0) is 11.2 Å². The van der Waals surface area contributed by atoms with Crippen molar-refractivity contribution in [2.24, 2.45) is 0 Å². The van der Waals surface area contributed by atoms with E-state index in [0.717, 1.165) is 6.42 Å². The van der Waals surface area contributed by atoms with Crippen LogP contribution >= 0.6 is 0 Å². The number of hydrogen-bond acceptors (Lipinski definition) is 1. The summed E-state index contributed by atoms with van der Waals surface area (Å²) >= 11 is 0. The highest BCUT2D eigenvalue weighted by molar-refractivity contribution is 5.76. The van der Waals surface area contributed by atoms with Gasteiger partial charge in [-0.25, -0.2) is 0 Å². The van der Waals surface area contributed by atoms with Crippen LogP contribution in [0.1, 0.15) is 22.7 Å². The summed E-state index contributed by atoms with van der Waals surface area (Å²) in [7, 11) is 0. The van der Waals surface area contributed by atoms with Crippen LogP contribution in [-0.4, -0.2) is 19.0 Å². The number of hydrogen-bond donors (Lipinski definition) is 2. The molecule has 0 aliphatic rings. The summed E-state index contributed by atoms with van der Waals surface area (Å²) in [4.78, 5) is 12.3. The smallest absolute Gasteiger partial charge is 0.275 e. The van der Waals surface area contributed by atoms with Crippen LogP contribution in [0.5, 0.6) is 0 Å². The molecular weight excluding hydrogens is 320 g/mol. The van der Waals surface area contributed by atoms with Crippen molar-refractivity contribution in [1.82, 2.24) is 5.32 Å². The van der Waals surface area contributed by atoms with Gasteiger partial charge < -0.3 is 10.6 Å². The lowest BCUT2D eigenvalue weighted by molar-refractivity contribution is -0.676. The Kier molecular flexibility index (Phi) is 6.57. The molecule has 0 fully saturated rings. The lowest BCUT2D eigenvalue weighted by atomic mass is 9.99. The Labute approximate surface area is 155 Å². The SMILES string of the molecule is O=C(C[NH2+]C(c1ccccc1)c1ccccc1)NCCc1ccccc1. The number of amides is 1. The molecular formula is C23H25N2O+. The molecule has 3 aromatic carbocycles. The number of carbonyl (C=O) groups is 1. The second-order valence-electron chi connectivity index (χ2n) is 6.32. The molecule has 0 unspecified atom stereocenters. The molecule has 3 aromatic rings. The normalized spacial score (nSPS) is 10.7. The van der Waals surface area contributed by atoms with Gasteiger partial charge in [0.1, 0.15) is 6.04 Å². The first kappa shape index (κ1) is 17.9. The van der Waals surface area contributed by atoms with Crippen molar-refractivity contribution >= 4 is 5.91 Å². The maximum atomic E-state index is 12.3. The second-order valence-corrected chi connectivity index (χ2v) is 6.32. The molecule has 0 heterocycles. The molecule has 3 N–H and O–H groups in total. The van der Waals surface area contributed by atoms with Crippen molar-refractivity contribution in [3.63, 3.8) is 0 Å². The topological polar surface area (TPSA) is 45.7 Å². The first-order chi connectivity index (χ1) is 12.8. The van der Waals surface area contributed by atoms with Crippen molar-refractivity contribution in [2.45, 2.75) is 12.5 Å². The van der Waals surface area contributed by atoms with Crippen molar-refractivity contribution in [3.05, 3.63) is 108 Å². The monoisotopic (exact) mass is 345 g/mol. The van der Waals surface area contributed by atoms with E-state index in [-0.39, 0.29) is 11.9 Å². The third-order valence-electron chi connectivity index (χ3n) is 4.43. The van der Waals surface area contributed by atoms with Crippen LogP contribution in [0.25, 0.3) is 0 Å². The first-order valence-corrected chi connectivity index (χ1v) is 9.07. The lowest BCUT2D eigenvalue weighted by Crippen LogP contribution is -2.87. The molecule has 3 heteroatoms. The van der Waals surface area contributed by atoms with E-state index in [1.54, 1.807) is 0 Å². The standard InChI is InChI=1S/C23H24N2O/c26-22(24-17-16-19-10-4-1-5-11-19)18-25-23(20-12-6-2-7-13-20)21-14-8-3-9-15-21/h1-15,23,25H,16-18H2,(H,24,26)/p+1. The Morgan fingerprint density at radius 2 is 1.27 bits per heavy atom. The number of benzene rings is 3. The second kappa shape index (κ2) is 9.54. The van der Waals surface area contributed by atoms with E-state index in [1.807, 2.05) is 54.6 Å².